The van der Waals surface area contributed by atoms with Crippen molar-refractivity contribution in [3.05, 3.63) is 70.2 Å². The smallest absolute Gasteiger partial charge is 0.407 e. The molecular formula is C18H13ClF3NO4. The number of aliphatic hydroxyl groups excluding tert-OH is 1. The predicted molar refractivity (Wildman–Crippen MR) is 91.7 cm³/mol. The lowest BCUT2D eigenvalue weighted by Gasteiger charge is -2.20. The van der Waals surface area contributed by atoms with Crippen LogP contribution >= 0.6 is 11.6 Å². The van der Waals surface area contributed by atoms with Crippen LogP contribution in [-0.4, -0.2) is 21.5 Å². The Hall–Kier alpha value is -2.58. The molecule has 2 atom stereocenters. The first-order valence-corrected chi connectivity index (χ1v) is 8.33. The minimum Gasteiger partial charge on any atom is -0.407 e. The molecule has 9 heteroatoms. The van der Waals surface area contributed by atoms with E-state index < -0.39 is 35.4 Å². The van der Waals surface area contributed by atoms with E-state index in [-0.39, 0.29) is 22.5 Å². The van der Waals surface area contributed by atoms with Gasteiger partial charge in [0, 0.05) is 5.88 Å². The van der Waals surface area contributed by atoms with E-state index in [1.807, 2.05) is 0 Å². The van der Waals surface area contributed by atoms with Crippen LogP contribution in [0.25, 0.3) is 11.1 Å². The second-order valence-electron chi connectivity index (χ2n) is 5.83. The van der Waals surface area contributed by atoms with Gasteiger partial charge < -0.3 is 9.52 Å². The number of nitrogens with zero attached hydrogens (tertiary/aromatic N) is 1. The van der Waals surface area contributed by atoms with Gasteiger partial charge in [0.2, 0.25) is 5.91 Å². The van der Waals surface area contributed by atoms with Gasteiger partial charge >= 0.3 is 11.9 Å². The van der Waals surface area contributed by atoms with Crippen LogP contribution < -0.4 is 5.76 Å². The highest BCUT2D eigenvalue weighted by atomic mass is 35.5. The summed E-state index contributed by atoms with van der Waals surface area (Å²) in [4.78, 5) is 24.8. The molecule has 0 saturated carbocycles. The molecule has 142 valence electrons. The predicted octanol–water partition coefficient (Wildman–Crippen LogP) is 3.84. The number of para-hydroxylation sites is 2. The summed E-state index contributed by atoms with van der Waals surface area (Å²) in [6.07, 6.45) is -6.02. The van der Waals surface area contributed by atoms with Gasteiger partial charge in [-0.15, -0.1) is 11.6 Å². The van der Waals surface area contributed by atoms with Gasteiger partial charge in [0.25, 0.3) is 0 Å². The van der Waals surface area contributed by atoms with Crippen molar-refractivity contribution in [2.75, 3.05) is 5.88 Å². The van der Waals surface area contributed by atoms with Crippen LogP contribution in [0.2, 0.25) is 0 Å². The van der Waals surface area contributed by atoms with E-state index in [2.05, 4.69) is 0 Å². The minimum atomic E-state index is -4.52. The fraction of sp³-hybridized carbons (Fsp3) is 0.222. The van der Waals surface area contributed by atoms with Crippen molar-refractivity contribution in [3.63, 3.8) is 0 Å². The maximum atomic E-state index is 12.8. The lowest BCUT2D eigenvalue weighted by atomic mass is 9.95. The summed E-state index contributed by atoms with van der Waals surface area (Å²) in [5.41, 5.74) is -0.414. The average Bonchev–Trinajstić information content (AvgIpc) is 2.97. The van der Waals surface area contributed by atoms with Gasteiger partial charge in [-0.3, -0.25) is 4.79 Å². The highest BCUT2D eigenvalue weighted by Gasteiger charge is 2.33. The van der Waals surface area contributed by atoms with Gasteiger partial charge in [-0.2, -0.15) is 13.2 Å². The van der Waals surface area contributed by atoms with Crippen molar-refractivity contribution in [2.24, 2.45) is 5.92 Å². The molecule has 0 radical (unpaired) electrons. The van der Waals surface area contributed by atoms with Gasteiger partial charge in [0.1, 0.15) is 0 Å². The Bertz CT molecular complexity index is 1020. The second-order valence-corrected chi connectivity index (χ2v) is 6.14. The number of halogens is 4. The molecule has 0 unspecified atom stereocenters. The Morgan fingerprint density at radius 1 is 1.15 bits per heavy atom. The number of alkyl halides is 4. The summed E-state index contributed by atoms with van der Waals surface area (Å²) in [6.45, 7) is 0. The number of carbonyl (C=O) groups excluding carboxylic acids is 1. The lowest BCUT2D eigenvalue weighted by Crippen LogP contribution is -2.33. The van der Waals surface area contributed by atoms with E-state index in [1.165, 1.54) is 12.1 Å². The van der Waals surface area contributed by atoms with Gasteiger partial charge in [-0.05, 0) is 29.8 Å². The molecule has 1 heterocycles. The number of rotatable bonds is 4. The molecule has 0 fully saturated rings. The SMILES string of the molecule is O=C([C@@H](CCl)[C@@H](O)c1ccc(C(F)(F)F)cc1)n1c(=O)oc2ccccc21. The Morgan fingerprint density at radius 3 is 2.37 bits per heavy atom. The molecule has 0 amide bonds. The molecule has 27 heavy (non-hydrogen) atoms. The highest BCUT2D eigenvalue weighted by molar-refractivity contribution is 6.19. The summed E-state index contributed by atoms with van der Waals surface area (Å²) in [6, 6.07) is 9.95. The second kappa shape index (κ2) is 7.21. The van der Waals surface area contributed by atoms with Gasteiger partial charge in [0.15, 0.2) is 5.58 Å². The first-order chi connectivity index (χ1) is 12.7. The zero-order valence-electron chi connectivity index (χ0n) is 13.6. The zero-order valence-corrected chi connectivity index (χ0v) is 14.4. The molecular weight excluding hydrogens is 387 g/mol. The largest absolute Gasteiger partial charge is 0.426 e. The number of oxazole rings is 1. The summed E-state index contributed by atoms with van der Waals surface area (Å²) in [5.74, 6) is -3.36. The van der Waals surface area contributed by atoms with Crippen molar-refractivity contribution < 1.29 is 27.5 Å². The lowest BCUT2D eigenvalue weighted by molar-refractivity contribution is -0.137. The fourth-order valence-corrected chi connectivity index (χ4v) is 3.03. The Balaban J connectivity index is 1.95. The summed E-state index contributed by atoms with van der Waals surface area (Å²) in [7, 11) is 0. The molecule has 0 bridgehead atoms. The summed E-state index contributed by atoms with van der Waals surface area (Å²) in [5, 5.41) is 10.5. The van der Waals surface area contributed by atoms with E-state index in [1.54, 1.807) is 12.1 Å². The molecule has 2 aromatic carbocycles. The molecule has 0 saturated heterocycles. The van der Waals surface area contributed by atoms with Crippen molar-refractivity contribution in [1.82, 2.24) is 4.57 Å². The van der Waals surface area contributed by atoms with Gasteiger partial charge in [0.05, 0.1) is 23.1 Å². The number of benzene rings is 2. The molecule has 0 aliphatic heterocycles. The first kappa shape index (κ1) is 19.2. The first-order valence-electron chi connectivity index (χ1n) is 7.80. The third kappa shape index (κ3) is 3.63. The van der Waals surface area contributed by atoms with Crippen molar-refractivity contribution >= 4 is 28.6 Å². The molecule has 1 N–H and O–H groups in total. The van der Waals surface area contributed by atoms with E-state index in [4.69, 9.17) is 16.0 Å². The van der Waals surface area contributed by atoms with Crippen LogP contribution in [0.3, 0.4) is 0 Å². The average molecular weight is 400 g/mol. The van der Waals surface area contributed by atoms with Gasteiger partial charge in [-0.25, -0.2) is 9.36 Å². The molecule has 3 rings (SSSR count). The molecule has 0 spiro atoms. The standard InChI is InChI=1S/C18H13ClF3NO4/c19-9-12(15(24)10-5-7-11(8-6-10)18(20,21)22)16(25)23-13-3-1-2-4-14(13)27-17(23)26/h1-8,12,15,24H,9H2/t12-,15-/m0/s1. The molecule has 1 aromatic heterocycles. The number of hydrogen-bond donors (Lipinski definition) is 1. The Kier molecular flexibility index (Phi) is 5.12. The third-order valence-electron chi connectivity index (χ3n) is 4.15. The fourth-order valence-electron chi connectivity index (χ4n) is 2.73. The highest BCUT2D eigenvalue weighted by Crippen LogP contribution is 2.32. The topological polar surface area (TPSA) is 72.4 Å². The van der Waals surface area contributed by atoms with Crippen LogP contribution in [-0.2, 0) is 6.18 Å². The maximum Gasteiger partial charge on any atom is 0.426 e. The number of aliphatic hydroxyl groups is 1. The minimum absolute atomic E-state index is 0.0721. The Labute approximate surface area is 155 Å². The normalized spacial score (nSPS) is 14.3. The van der Waals surface area contributed by atoms with E-state index in [9.17, 15) is 27.9 Å². The molecule has 0 aliphatic rings. The number of carbonyl (C=O) groups is 1. The monoisotopic (exact) mass is 399 g/mol. The van der Waals surface area contributed by atoms with Crippen LogP contribution in [0.5, 0.6) is 0 Å². The number of aromatic nitrogens is 1. The van der Waals surface area contributed by atoms with Crippen molar-refractivity contribution in [3.8, 4) is 0 Å². The maximum absolute atomic E-state index is 12.8. The van der Waals surface area contributed by atoms with Crippen LogP contribution in [0.1, 0.15) is 22.0 Å². The van der Waals surface area contributed by atoms with E-state index in [0.29, 0.717) is 0 Å². The van der Waals surface area contributed by atoms with Crippen molar-refractivity contribution in [2.45, 2.75) is 12.3 Å². The van der Waals surface area contributed by atoms with Crippen molar-refractivity contribution in [1.29, 1.82) is 0 Å². The number of hydrogen-bond acceptors (Lipinski definition) is 4. The zero-order chi connectivity index (χ0) is 19.8. The van der Waals surface area contributed by atoms with Crippen LogP contribution in [0.15, 0.2) is 57.7 Å². The number of fused-ring (bicyclic) bond motifs is 1. The molecule has 5 nitrogen and oxygen atoms in total. The van der Waals surface area contributed by atoms with Crippen LogP contribution in [0.4, 0.5) is 13.2 Å². The van der Waals surface area contributed by atoms with E-state index >= 15 is 0 Å². The molecule has 0 aliphatic carbocycles. The quantitative estimate of drug-likeness (QED) is 0.676. The van der Waals surface area contributed by atoms with Crippen LogP contribution in [0, 0.1) is 5.92 Å². The third-order valence-corrected chi connectivity index (χ3v) is 4.48. The molecule has 3 aromatic rings. The van der Waals surface area contributed by atoms with Gasteiger partial charge in [-0.1, -0.05) is 24.3 Å². The van der Waals surface area contributed by atoms with E-state index in [0.717, 1.165) is 28.8 Å². The Morgan fingerprint density at radius 2 is 1.78 bits per heavy atom. The summed E-state index contributed by atoms with van der Waals surface area (Å²) < 4.78 is 43.7. The summed E-state index contributed by atoms with van der Waals surface area (Å²) >= 11 is 5.82.